The van der Waals surface area contributed by atoms with Crippen molar-refractivity contribution in [3.8, 4) is 0 Å². The van der Waals surface area contributed by atoms with E-state index < -0.39 is 5.60 Å². The maximum absolute atomic E-state index is 12.6. The highest BCUT2D eigenvalue weighted by Crippen LogP contribution is 2.31. The largest absolute Gasteiger partial charge is 0.390 e. The Hall–Kier alpha value is -0.870. The van der Waals surface area contributed by atoms with Crippen molar-refractivity contribution in [1.29, 1.82) is 0 Å². The maximum Gasteiger partial charge on any atom is 0.263 e. The summed E-state index contributed by atoms with van der Waals surface area (Å²) in [7, 11) is 0. The second kappa shape index (κ2) is 5.49. The van der Waals surface area contributed by atoms with Gasteiger partial charge in [-0.3, -0.25) is 4.79 Å². The summed E-state index contributed by atoms with van der Waals surface area (Å²) in [5.74, 6) is 0.165. The van der Waals surface area contributed by atoms with Crippen LogP contribution in [0.3, 0.4) is 0 Å². The Bertz CT molecular complexity index is 473. The fourth-order valence-electron chi connectivity index (χ4n) is 3.12. The van der Waals surface area contributed by atoms with Gasteiger partial charge >= 0.3 is 0 Å². The Kier molecular flexibility index (Phi) is 3.87. The van der Waals surface area contributed by atoms with Gasteiger partial charge in [-0.2, -0.15) is 0 Å². The van der Waals surface area contributed by atoms with E-state index >= 15 is 0 Å². The number of nitrogens with zero attached hydrogens (tertiary/aromatic N) is 1. The number of aryl methyl sites for hydroxylation is 2. The van der Waals surface area contributed by atoms with Crippen LogP contribution in [-0.2, 0) is 12.8 Å². The van der Waals surface area contributed by atoms with E-state index in [0.29, 0.717) is 25.9 Å². The van der Waals surface area contributed by atoms with Crippen molar-refractivity contribution in [2.45, 2.75) is 57.5 Å². The third kappa shape index (κ3) is 2.91. The molecule has 3 rings (SSSR count). The van der Waals surface area contributed by atoms with Crippen LogP contribution in [0.2, 0.25) is 0 Å². The Morgan fingerprint density at radius 1 is 1.25 bits per heavy atom. The first kappa shape index (κ1) is 14.1. The van der Waals surface area contributed by atoms with Crippen LogP contribution < -0.4 is 0 Å². The standard InChI is InChI=1S/C16H23NO2S/c1-16(19)7-9-17(10-8-16)15(18)14-11-12-5-3-2-4-6-13(12)20-14/h11,19H,2-10H2,1H3. The second-order valence-electron chi connectivity index (χ2n) is 6.41. The summed E-state index contributed by atoms with van der Waals surface area (Å²) in [5, 5.41) is 9.97. The van der Waals surface area contributed by atoms with Gasteiger partial charge in [0.25, 0.3) is 5.91 Å². The van der Waals surface area contributed by atoms with Gasteiger partial charge in [-0.25, -0.2) is 0 Å². The minimum Gasteiger partial charge on any atom is -0.390 e. The molecule has 1 aromatic heterocycles. The summed E-state index contributed by atoms with van der Waals surface area (Å²) < 4.78 is 0. The fourth-order valence-corrected chi connectivity index (χ4v) is 4.34. The van der Waals surface area contributed by atoms with Crippen LogP contribution >= 0.6 is 11.3 Å². The van der Waals surface area contributed by atoms with Gasteiger partial charge in [0, 0.05) is 18.0 Å². The fraction of sp³-hybridized carbons (Fsp3) is 0.688. The number of hydrogen-bond donors (Lipinski definition) is 1. The van der Waals surface area contributed by atoms with E-state index in [1.54, 1.807) is 11.3 Å². The Morgan fingerprint density at radius 3 is 2.70 bits per heavy atom. The molecule has 0 saturated carbocycles. The van der Waals surface area contributed by atoms with Gasteiger partial charge in [0.2, 0.25) is 0 Å². The van der Waals surface area contributed by atoms with E-state index in [1.807, 2.05) is 11.8 Å². The van der Waals surface area contributed by atoms with E-state index in [4.69, 9.17) is 0 Å². The third-order valence-corrected chi connectivity index (χ3v) is 5.81. The highest BCUT2D eigenvalue weighted by molar-refractivity contribution is 7.14. The van der Waals surface area contributed by atoms with Crippen molar-refractivity contribution in [1.82, 2.24) is 4.90 Å². The van der Waals surface area contributed by atoms with E-state index in [1.165, 1.54) is 29.7 Å². The molecule has 2 aliphatic rings. The summed E-state index contributed by atoms with van der Waals surface area (Å²) in [5.41, 5.74) is 0.809. The zero-order valence-corrected chi connectivity index (χ0v) is 13.0. The number of likely N-dealkylation sites (tertiary alicyclic amines) is 1. The zero-order valence-electron chi connectivity index (χ0n) is 12.2. The molecule has 20 heavy (non-hydrogen) atoms. The van der Waals surface area contributed by atoms with Gasteiger partial charge in [0.05, 0.1) is 10.5 Å². The van der Waals surface area contributed by atoms with Crippen molar-refractivity contribution in [2.24, 2.45) is 0 Å². The molecule has 1 N–H and O–H groups in total. The van der Waals surface area contributed by atoms with Gasteiger partial charge in [0.15, 0.2) is 0 Å². The summed E-state index contributed by atoms with van der Waals surface area (Å²) in [4.78, 5) is 16.8. The molecule has 1 saturated heterocycles. The van der Waals surface area contributed by atoms with E-state index in [2.05, 4.69) is 6.07 Å². The molecule has 3 nitrogen and oxygen atoms in total. The molecule has 110 valence electrons. The molecule has 4 heteroatoms. The highest BCUT2D eigenvalue weighted by atomic mass is 32.1. The number of fused-ring (bicyclic) bond motifs is 1. The van der Waals surface area contributed by atoms with Gasteiger partial charge in [-0.05, 0) is 57.1 Å². The van der Waals surface area contributed by atoms with Crippen LogP contribution in [0.4, 0.5) is 0 Å². The number of hydrogen-bond acceptors (Lipinski definition) is 3. The third-order valence-electron chi connectivity index (χ3n) is 4.59. The first-order valence-electron chi connectivity index (χ1n) is 7.68. The molecular formula is C16H23NO2S. The number of piperidine rings is 1. The number of carbonyl (C=O) groups excluding carboxylic acids is 1. The van der Waals surface area contributed by atoms with Crippen LogP contribution in [0.5, 0.6) is 0 Å². The predicted molar refractivity (Wildman–Crippen MR) is 81.3 cm³/mol. The lowest BCUT2D eigenvalue weighted by Gasteiger charge is -2.35. The molecular weight excluding hydrogens is 270 g/mol. The summed E-state index contributed by atoms with van der Waals surface area (Å²) in [6.07, 6.45) is 7.47. The van der Waals surface area contributed by atoms with Crippen molar-refractivity contribution < 1.29 is 9.90 Å². The minimum absolute atomic E-state index is 0.165. The van der Waals surface area contributed by atoms with E-state index in [9.17, 15) is 9.90 Å². The maximum atomic E-state index is 12.6. The van der Waals surface area contributed by atoms with Gasteiger partial charge in [-0.15, -0.1) is 11.3 Å². The van der Waals surface area contributed by atoms with E-state index in [0.717, 1.165) is 17.7 Å². The summed E-state index contributed by atoms with van der Waals surface area (Å²) in [6, 6.07) is 2.13. The van der Waals surface area contributed by atoms with Crippen LogP contribution in [0, 0.1) is 0 Å². The zero-order chi connectivity index (χ0) is 14.2. The smallest absolute Gasteiger partial charge is 0.263 e. The first-order valence-corrected chi connectivity index (χ1v) is 8.50. The number of thiophene rings is 1. The molecule has 1 fully saturated rings. The van der Waals surface area contributed by atoms with Gasteiger partial charge in [-0.1, -0.05) is 6.42 Å². The van der Waals surface area contributed by atoms with Crippen LogP contribution in [0.1, 0.15) is 59.1 Å². The second-order valence-corrected chi connectivity index (χ2v) is 7.55. The molecule has 1 aliphatic heterocycles. The molecule has 0 atom stereocenters. The quantitative estimate of drug-likeness (QED) is 0.809. The van der Waals surface area contributed by atoms with Crippen molar-refractivity contribution in [3.05, 3.63) is 21.4 Å². The molecule has 0 bridgehead atoms. The highest BCUT2D eigenvalue weighted by Gasteiger charge is 2.30. The van der Waals surface area contributed by atoms with Gasteiger partial charge in [0.1, 0.15) is 0 Å². The summed E-state index contributed by atoms with van der Waals surface area (Å²) >= 11 is 1.70. The van der Waals surface area contributed by atoms with Crippen LogP contribution in [0.15, 0.2) is 6.07 Å². The SMILES string of the molecule is CC1(O)CCN(C(=O)c2cc3c(s2)CCCCC3)CC1. The molecule has 2 heterocycles. The van der Waals surface area contributed by atoms with Gasteiger partial charge < -0.3 is 10.0 Å². The average Bonchev–Trinajstić information content (AvgIpc) is 2.69. The molecule has 1 aromatic rings. The lowest BCUT2D eigenvalue weighted by atomic mass is 9.94. The van der Waals surface area contributed by atoms with Crippen LogP contribution in [-0.4, -0.2) is 34.6 Å². The Labute approximate surface area is 124 Å². The molecule has 1 aliphatic carbocycles. The van der Waals surface area contributed by atoms with Crippen molar-refractivity contribution in [2.75, 3.05) is 13.1 Å². The van der Waals surface area contributed by atoms with Crippen molar-refractivity contribution in [3.63, 3.8) is 0 Å². The Morgan fingerprint density at radius 2 is 1.95 bits per heavy atom. The molecule has 0 spiro atoms. The van der Waals surface area contributed by atoms with Crippen LogP contribution in [0.25, 0.3) is 0 Å². The minimum atomic E-state index is -0.594. The average molecular weight is 293 g/mol. The van der Waals surface area contributed by atoms with Crippen molar-refractivity contribution >= 4 is 17.2 Å². The molecule has 0 radical (unpaired) electrons. The number of rotatable bonds is 1. The number of amides is 1. The predicted octanol–water partition coefficient (Wildman–Crippen LogP) is 3.00. The number of carbonyl (C=O) groups is 1. The topological polar surface area (TPSA) is 40.5 Å². The lowest BCUT2D eigenvalue weighted by Crippen LogP contribution is -2.44. The normalized spacial score (nSPS) is 22.2. The molecule has 1 amide bonds. The lowest BCUT2D eigenvalue weighted by molar-refractivity contribution is -0.00188. The molecule has 0 aromatic carbocycles. The first-order chi connectivity index (χ1) is 9.55. The summed E-state index contributed by atoms with van der Waals surface area (Å²) in [6.45, 7) is 3.21. The number of aliphatic hydroxyl groups is 1. The van der Waals surface area contributed by atoms with E-state index in [-0.39, 0.29) is 5.91 Å². The Balaban J connectivity index is 1.72. The molecule has 0 unspecified atom stereocenters. The monoisotopic (exact) mass is 293 g/mol.